The summed E-state index contributed by atoms with van der Waals surface area (Å²) in [7, 11) is 2.83. The van der Waals surface area contributed by atoms with Gasteiger partial charge in [0.2, 0.25) is 0 Å². The first-order chi connectivity index (χ1) is 19.9. The highest BCUT2D eigenvalue weighted by Crippen LogP contribution is 2.41. The highest BCUT2D eigenvalue weighted by atomic mass is 32.1. The highest BCUT2D eigenvalue weighted by molar-refractivity contribution is 7.17. The van der Waals surface area contributed by atoms with E-state index in [2.05, 4.69) is 12.2 Å². The van der Waals surface area contributed by atoms with Crippen molar-refractivity contribution in [1.82, 2.24) is 0 Å². The van der Waals surface area contributed by atoms with Crippen LogP contribution < -0.4 is 19.5 Å². The molecule has 0 radical (unpaired) electrons. The minimum atomic E-state index is -0.646. The summed E-state index contributed by atoms with van der Waals surface area (Å²) in [6.07, 6.45) is 5.84. The normalized spacial score (nSPS) is 11.0. The standard InChI is InChI=1S/C32H36N2O6S/c1-6-8-9-10-17-40-26-16-11-22(19-27(26)37-4)18-24(20-33)30(35)34-31-29(32(36)38-5)28(21(3)41-31)23-12-14-25(15-13-23)39-7-2/h11-16,18-19H,6-10,17H2,1-5H3,(H,34,35)/b24-18+. The van der Waals surface area contributed by atoms with Gasteiger partial charge in [-0.15, -0.1) is 11.3 Å². The maximum absolute atomic E-state index is 13.2. The van der Waals surface area contributed by atoms with Gasteiger partial charge in [0.1, 0.15) is 28.0 Å². The monoisotopic (exact) mass is 576 g/mol. The van der Waals surface area contributed by atoms with Gasteiger partial charge in [-0.25, -0.2) is 4.79 Å². The number of nitrogens with one attached hydrogen (secondary N) is 1. The number of ether oxygens (including phenoxy) is 4. The van der Waals surface area contributed by atoms with E-state index in [1.807, 2.05) is 44.2 Å². The van der Waals surface area contributed by atoms with Gasteiger partial charge in [0.25, 0.3) is 5.91 Å². The zero-order valence-corrected chi connectivity index (χ0v) is 25.0. The summed E-state index contributed by atoms with van der Waals surface area (Å²) in [5, 5.41) is 12.9. The molecule has 0 aliphatic heterocycles. The van der Waals surface area contributed by atoms with Crippen molar-refractivity contribution in [2.24, 2.45) is 0 Å². The molecule has 216 valence electrons. The first-order valence-corrected chi connectivity index (χ1v) is 14.4. The van der Waals surface area contributed by atoms with Gasteiger partial charge in [0, 0.05) is 10.4 Å². The number of rotatable bonds is 14. The van der Waals surface area contributed by atoms with Gasteiger partial charge in [-0.2, -0.15) is 5.26 Å². The third kappa shape index (κ3) is 8.12. The molecule has 0 fully saturated rings. The van der Waals surface area contributed by atoms with E-state index in [9.17, 15) is 14.9 Å². The maximum atomic E-state index is 13.2. The SMILES string of the molecule is CCCCCCOc1ccc(/C=C(\C#N)C(=O)Nc2sc(C)c(-c3ccc(OCC)cc3)c2C(=O)OC)cc1OC. The molecule has 0 saturated carbocycles. The van der Waals surface area contributed by atoms with Gasteiger partial charge in [-0.3, -0.25) is 4.79 Å². The molecule has 1 heterocycles. The maximum Gasteiger partial charge on any atom is 0.341 e. The molecule has 1 N–H and O–H groups in total. The van der Waals surface area contributed by atoms with Gasteiger partial charge >= 0.3 is 5.97 Å². The molecule has 0 bridgehead atoms. The van der Waals surface area contributed by atoms with Gasteiger partial charge in [0.15, 0.2) is 11.5 Å². The summed E-state index contributed by atoms with van der Waals surface area (Å²) >= 11 is 1.24. The lowest BCUT2D eigenvalue weighted by molar-refractivity contribution is -0.112. The van der Waals surface area contributed by atoms with E-state index >= 15 is 0 Å². The van der Waals surface area contributed by atoms with Crippen molar-refractivity contribution >= 4 is 34.3 Å². The summed E-state index contributed by atoms with van der Waals surface area (Å²) in [5.41, 5.74) is 2.12. The molecule has 3 rings (SSSR count). The van der Waals surface area contributed by atoms with E-state index in [1.54, 1.807) is 25.3 Å². The van der Waals surface area contributed by atoms with E-state index < -0.39 is 11.9 Å². The Kier molecular flexibility index (Phi) is 11.8. The van der Waals surface area contributed by atoms with E-state index in [0.717, 1.165) is 36.1 Å². The third-order valence-electron chi connectivity index (χ3n) is 6.27. The Balaban J connectivity index is 1.86. The zero-order chi connectivity index (χ0) is 29.8. The summed E-state index contributed by atoms with van der Waals surface area (Å²) in [5.74, 6) is 0.583. The molecule has 1 amide bonds. The van der Waals surface area contributed by atoms with Crippen LogP contribution in [0.25, 0.3) is 17.2 Å². The minimum absolute atomic E-state index is 0.134. The van der Waals surface area contributed by atoms with Gasteiger partial charge in [-0.1, -0.05) is 44.4 Å². The molecule has 0 spiro atoms. The van der Waals surface area contributed by atoms with Crippen LogP contribution in [0.5, 0.6) is 17.2 Å². The van der Waals surface area contributed by atoms with Crippen molar-refractivity contribution in [3.8, 4) is 34.4 Å². The van der Waals surface area contributed by atoms with Crippen LogP contribution in [0.4, 0.5) is 5.00 Å². The van der Waals surface area contributed by atoms with Crippen LogP contribution in [0.1, 0.15) is 60.3 Å². The van der Waals surface area contributed by atoms with Crippen molar-refractivity contribution in [3.05, 3.63) is 64.0 Å². The van der Waals surface area contributed by atoms with Crippen molar-refractivity contribution < 1.29 is 28.5 Å². The quantitative estimate of drug-likeness (QED) is 0.0921. The van der Waals surface area contributed by atoms with Gasteiger partial charge < -0.3 is 24.3 Å². The summed E-state index contributed by atoms with van der Waals surface area (Å²) in [4.78, 5) is 26.9. The Hall–Kier alpha value is -4.29. The second-order valence-electron chi connectivity index (χ2n) is 9.13. The Labute approximate surface area is 245 Å². The average molecular weight is 577 g/mol. The number of nitrogens with zero attached hydrogens (tertiary/aromatic N) is 1. The predicted molar refractivity (Wildman–Crippen MR) is 162 cm³/mol. The highest BCUT2D eigenvalue weighted by Gasteiger charge is 2.26. The molecular formula is C32H36N2O6S. The fourth-order valence-corrected chi connectivity index (χ4v) is 5.31. The van der Waals surface area contributed by atoms with Gasteiger partial charge in [-0.05, 0) is 61.7 Å². The van der Waals surface area contributed by atoms with Gasteiger partial charge in [0.05, 0.1) is 27.4 Å². The zero-order valence-electron chi connectivity index (χ0n) is 24.2. The number of esters is 1. The largest absolute Gasteiger partial charge is 0.494 e. The van der Waals surface area contributed by atoms with Crippen molar-refractivity contribution in [3.63, 3.8) is 0 Å². The molecule has 3 aromatic rings. The first kappa shape index (κ1) is 31.2. The molecule has 0 aliphatic rings. The van der Waals surface area contributed by atoms with Crippen molar-refractivity contribution in [2.75, 3.05) is 32.8 Å². The molecule has 2 aromatic carbocycles. The molecule has 0 unspecified atom stereocenters. The minimum Gasteiger partial charge on any atom is -0.494 e. The van der Waals surface area contributed by atoms with Crippen LogP contribution in [0.2, 0.25) is 0 Å². The van der Waals surface area contributed by atoms with Crippen LogP contribution in [-0.4, -0.2) is 39.3 Å². The molecule has 9 heteroatoms. The fourth-order valence-electron chi connectivity index (χ4n) is 4.25. The van der Waals surface area contributed by atoms with E-state index in [4.69, 9.17) is 18.9 Å². The Morgan fingerprint density at radius 1 is 1.00 bits per heavy atom. The number of hydrogen-bond acceptors (Lipinski definition) is 8. The second kappa shape index (κ2) is 15.5. The van der Waals surface area contributed by atoms with E-state index in [0.29, 0.717) is 46.6 Å². The van der Waals surface area contributed by atoms with E-state index in [-0.39, 0.29) is 11.1 Å². The third-order valence-corrected chi connectivity index (χ3v) is 7.29. The lowest BCUT2D eigenvalue weighted by Crippen LogP contribution is -2.15. The number of unbranched alkanes of at least 4 members (excludes halogenated alkanes) is 3. The van der Waals surface area contributed by atoms with Crippen LogP contribution in [0.3, 0.4) is 0 Å². The lowest BCUT2D eigenvalue weighted by atomic mass is 10.0. The average Bonchev–Trinajstić information content (AvgIpc) is 3.31. The van der Waals surface area contributed by atoms with Crippen LogP contribution in [0.15, 0.2) is 48.0 Å². The van der Waals surface area contributed by atoms with Crippen LogP contribution in [0, 0.1) is 18.3 Å². The molecule has 8 nitrogen and oxygen atoms in total. The molecular weight excluding hydrogens is 540 g/mol. The number of anilines is 1. The number of thiophene rings is 1. The topological polar surface area (TPSA) is 107 Å². The van der Waals surface area contributed by atoms with Crippen molar-refractivity contribution in [1.29, 1.82) is 5.26 Å². The number of aryl methyl sites for hydroxylation is 1. The van der Waals surface area contributed by atoms with Crippen LogP contribution in [-0.2, 0) is 9.53 Å². The summed E-state index contributed by atoms with van der Waals surface area (Å²) in [6, 6.07) is 14.5. The number of amides is 1. The number of hydrogen-bond donors (Lipinski definition) is 1. The van der Waals surface area contributed by atoms with Crippen LogP contribution >= 0.6 is 11.3 Å². The molecule has 1 aromatic heterocycles. The summed E-state index contributed by atoms with van der Waals surface area (Å²) < 4.78 is 21.9. The number of carbonyl (C=O) groups excluding carboxylic acids is 2. The Bertz CT molecular complexity index is 1420. The molecule has 0 saturated heterocycles. The number of benzene rings is 2. The lowest BCUT2D eigenvalue weighted by Gasteiger charge is -2.11. The molecule has 0 aliphatic carbocycles. The molecule has 41 heavy (non-hydrogen) atoms. The summed E-state index contributed by atoms with van der Waals surface area (Å²) in [6.45, 7) is 7.05. The van der Waals surface area contributed by atoms with Crippen molar-refractivity contribution in [2.45, 2.75) is 46.5 Å². The Morgan fingerprint density at radius 2 is 1.76 bits per heavy atom. The molecule has 0 atom stereocenters. The van der Waals surface area contributed by atoms with E-state index in [1.165, 1.54) is 24.5 Å². The Morgan fingerprint density at radius 3 is 2.39 bits per heavy atom. The number of methoxy groups -OCH3 is 2. The fraction of sp³-hybridized carbons (Fsp3) is 0.344. The second-order valence-corrected chi connectivity index (χ2v) is 10.4. The smallest absolute Gasteiger partial charge is 0.341 e. The predicted octanol–water partition coefficient (Wildman–Crippen LogP) is 7.42. The first-order valence-electron chi connectivity index (χ1n) is 13.6. The number of nitriles is 1. The number of carbonyl (C=O) groups is 2.